The zero-order chi connectivity index (χ0) is 28.4. The fourth-order valence-electron chi connectivity index (χ4n) is 4.46. The highest BCUT2D eigenvalue weighted by Crippen LogP contribution is 2.18. The Kier molecular flexibility index (Phi) is 15.2. The molecule has 0 unspecified atom stereocenters. The van der Waals surface area contributed by atoms with Gasteiger partial charge >= 0.3 is 0 Å². The molecular weight excluding hydrogens is 525 g/mol. The van der Waals surface area contributed by atoms with Crippen LogP contribution in [0, 0.1) is 0 Å². The summed E-state index contributed by atoms with van der Waals surface area (Å²) in [6, 6.07) is 16.9. The SMILES string of the molecule is CCCCCCCCCCCCC[N+](C)(C)Cc1ccccc1.Nc1ccc(S(=O)(=O)Nc2nccs2)cc1. The molecule has 3 rings (SSSR count). The molecule has 0 bridgehead atoms. The Morgan fingerprint density at radius 1 is 0.821 bits per heavy atom. The lowest BCUT2D eigenvalue weighted by molar-refractivity contribution is -0.903. The Bertz CT molecular complexity index is 1120. The van der Waals surface area contributed by atoms with Crippen molar-refractivity contribution in [3.63, 3.8) is 0 Å². The van der Waals surface area contributed by atoms with Crippen molar-refractivity contribution < 1.29 is 12.9 Å². The molecule has 0 fully saturated rings. The minimum Gasteiger partial charge on any atom is -0.399 e. The van der Waals surface area contributed by atoms with Gasteiger partial charge in [-0.1, -0.05) is 95.0 Å². The number of nitrogens with one attached hydrogen (secondary N) is 1. The second-order valence-corrected chi connectivity index (χ2v) is 13.4. The summed E-state index contributed by atoms with van der Waals surface area (Å²) in [5.74, 6) is 0. The van der Waals surface area contributed by atoms with Crippen molar-refractivity contribution in [1.29, 1.82) is 0 Å². The Morgan fingerprint density at radius 3 is 1.92 bits per heavy atom. The second kappa shape index (κ2) is 18.0. The van der Waals surface area contributed by atoms with E-state index in [0.29, 0.717) is 10.8 Å². The van der Waals surface area contributed by atoms with E-state index < -0.39 is 10.0 Å². The van der Waals surface area contributed by atoms with Crippen LogP contribution in [0.4, 0.5) is 10.8 Å². The second-order valence-electron chi connectivity index (χ2n) is 10.9. The minimum atomic E-state index is -3.56. The van der Waals surface area contributed by atoms with Crippen LogP contribution in [-0.4, -0.2) is 38.5 Å². The lowest BCUT2D eigenvalue weighted by Gasteiger charge is -2.30. The van der Waals surface area contributed by atoms with E-state index in [1.165, 1.54) is 125 Å². The lowest BCUT2D eigenvalue weighted by Crippen LogP contribution is -2.39. The molecule has 8 heteroatoms. The highest BCUT2D eigenvalue weighted by Gasteiger charge is 2.15. The van der Waals surface area contributed by atoms with Crippen molar-refractivity contribution >= 4 is 32.2 Å². The molecule has 0 atom stereocenters. The number of nitrogen functional groups attached to an aromatic ring is 1. The summed E-state index contributed by atoms with van der Waals surface area (Å²) < 4.78 is 27.1. The molecule has 216 valence electrons. The first-order chi connectivity index (χ1) is 18.7. The van der Waals surface area contributed by atoms with Crippen LogP contribution in [0.3, 0.4) is 0 Å². The van der Waals surface area contributed by atoms with Gasteiger partial charge in [-0.2, -0.15) is 0 Å². The Morgan fingerprint density at radius 2 is 1.38 bits per heavy atom. The fraction of sp³-hybridized carbons (Fsp3) is 0.516. The van der Waals surface area contributed by atoms with Gasteiger partial charge in [0.2, 0.25) is 0 Å². The maximum Gasteiger partial charge on any atom is 0.263 e. The molecule has 0 radical (unpaired) electrons. The van der Waals surface area contributed by atoms with Crippen molar-refractivity contribution in [3.05, 3.63) is 71.7 Å². The smallest absolute Gasteiger partial charge is 0.263 e. The molecule has 1 aromatic heterocycles. The number of nitrogens with zero attached hydrogens (tertiary/aromatic N) is 2. The molecule has 1 heterocycles. The summed E-state index contributed by atoms with van der Waals surface area (Å²) in [6.07, 6.45) is 17.3. The molecular formula is C31H49N4O2S2+. The van der Waals surface area contributed by atoms with Gasteiger partial charge in [0, 0.05) is 22.8 Å². The summed E-state index contributed by atoms with van der Waals surface area (Å²) in [5.41, 5.74) is 7.46. The van der Waals surface area contributed by atoms with E-state index in [2.05, 4.69) is 61.1 Å². The van der Waals surface area contributed by atoms with Crippen LogP contribution >= 0.6 is 11.3 Å². The highest BCUT2D eigenvalue weighted by atomic mass is 32.2. The molecule has 3 aromatic rings. The Balaban J connectivity index is 0.000000290. The number of rotatable bonds is 17. The topological polar surface area (TPSA) is 85.1 Å². The number of nitrogens with two attached hydrogens (primary N) is 1. The third kappa shape index (κ3) is 14.5. The molecule has 0 aliphatic carbocycles. The molecule has 6 nitrogen and oxygen atoms in total. The van der Waals surface area contributed by atoms with E-state index in [0.717, 1.165) is 11.0 Å². The molecule has 0 saturated heterocycles. The van der Waals surface area contributed by atoms with Crippen LogP contribution in [0.25, 0.3) is 0 Å². The summed E-state index contributed by atoms with van der Waals surface area (Å²) in [4.78, 5) is 4.01. The third-order valence-corrected chi connectivity index (χ3v) is 8.84. The summed E-state index contributed by atoms with van der Waals surface area (Å²) in [6.45, 7) is 4.74. The number of hydrogen-bond acceptors (Lipinski definition) is 5. The molecule has 0 aliphatic rings. The molecule has 0 spiro atoms. The van der Waals surface area contributed by atoms with Gasteiger partial charge in [0.1, 0.15) is 6.54 Å². The standard InChI is InChI=1S/C22H40N.C9H9N3O2S2/c1-4-5-6-7-8-9-10-11-12-13-17-20-23(2,3)21-22-18-15-14-16-19-22;10-7-1-3-8(4-2-7)16(13,14)12-9-11-5-6-15-9/h14-16,18-19H,4-13,17,20-21H2,1-3H3;1-6H,10H2,(H,11,12)/q+1;. The van der Waals surface area contributed by atoms with Gasteiger partial charge < -0.3 is 10.2 Å². The Hall–Kier alpha value is -2.42. The lowest BCUT2D eigenvalue weighted by atomic mass is 10.1. The normalized spacial score (nSPS) is 11.6. The number of benzene rings is 2. The van der Waals surface area contributed by atoms with Crippen LogP contribution in [0.15, 0.2) is 71.1 Å². The molecule has 39 heavy (non-hydrogen) atoms. The molecule has 0 amide bonds. The van der Waals surface area contributed by atoms with Gasteiger partial charge in [0.25, 0.3) is 10.0 Å². The summed E-state index contributed by atoms with van der Waals surface area (Å²) in [7, 11) is 1.17. The molecule has 0 saturated carbocycles. The summed E-state index contributed by atoms with van der Waals surface area (Å²) >= 11 is 1.22. The van der Waals surface area contributed by atoms with E-state index in [9.17, 15) is 8.42 Å². The van der Waals surface area contributed by atoms with Crippen LogP contribution in [0.1, 0.15) is 83.1 Å². The van der Waals surface area contributed by atoms with E-state index in [1.54, 1.807) is 5.38 Å². The number of anilines is 2. The van der Waals surface area contributed by atoms with Gasteiger partial charge in [0.15, 0.2) is 5.13 Å². The number of unbranched alkanes of at least 4 members (excludes halogenated alkanes) is 10. The van der Waals surface area contributed by atoms with E-state index in [4.69, 9.17) is 5.73 Å². The first kappa shape index (κ1) is 32.8. The predicted octanol–water partition coefficient (Wildman–Crippen LogP) is 8.10. The number of quaternary nitrogens is 1. The molecule has 3 N–H and O–H groups in total. The monoisotopic (exact) mass is 573 g/mol. The number of sulfonamides is 1. The van der Waals surface area contributed by atoms with Gasteiger partial charge in [-0.05, 0) is 37.1 Å². The van der Waals surface area contributed by atoms with Crippen molar-refractivity contribution in [3.8, 4) is 0 Å². The quantitative estimate of drug-likeness (QED) is 0.0970. The number of hydrogen-bond donors (Lipinski definition) is 2. The first-order valence-electron chi connectivity index (χ1n) is 14.4. The zero-order valence-electron chi connectivity index (χ0n) is 24.1. The zero-order valence-corrected chi connectivity index (χ0v) is 25.8. The van der Waals surface area contributed by atoms with Gasteiger partial charge in [0.05, 0.1) is 25.5 Å². The van der Waals surface area contributed by atoms with Gasteiger partial charge in [-0.25, -0.2) is 13.4 Å². The largest absolute Gasteiger partial charge is 0.399 e. The predicted molar refractivity (Wildman–Crippen MR) is 167 cm³/mol. The van der Waals surface area contributed by atoms with Gasteiger partial charge in [-0.3, -0.25) is 4.72 Å². The van der Waals surface area contributed by atoms with Gasteiger partial charge in [-0.15, -0.1) is 11.3 Å². The molecule has 0 aliphatic heterocycles. The summed E-state index contributed by atoms with van der Waals surface area (Å²) in [5, 5.41) is 2.04. The van der Waals surface area contributed by atoms with E-state index >= 15 is 0 Å². The third-order valence-electron chi connectivity index (χ3n) is 6.66. The van der Waals surface area contributed by atoms with Crippen LogP contribution in [-0.2, 0) is 16.6 Å². The van der Waals surface area contributed by atoms with Crippen molar-refractivity contribution in [2.24, 2.45) is 0 Å². The van der Waals surface area contributed by atoms with E-state index in [1.807, 2.05) is 0 Å². The van der Waals surface area contributed by atoms with Crippen molar-refractivity contribution in [1.82, 2.24) is 4.98 Å². The fourth-order valence-corrected chi connectivity index (χ4v) is 6.24. The Labute approximate surface area is 241 Å². The average molecular weight is 574 g/mol. The van der Waals surface area contributed by atoms with Crippen LogP contribution in [0.5, 0.6) is 0 Å². The minimum absolute atomic E-state index is 0.164. The highest BCUT2D eigenvalue weighted by molar-refractivity contribution is 7.93. The van der Waals surface area contributed by atoms with Crippen LogP contribution in [0.2, 0.25) is 0 Å². The van der Waals surface area contributed by atoms with E-state index in [-0.39, 0.29) is 4.90 Å². The first-order valence-corrected chi connectivity index (χ1v) is 16.7. The number of aromatic nitrogens is 1. The number of thiazole rings is 1. The average Bonchev–Trinajstić information content (AvgIpc) is 3.40. The van der Waals surface area contributed by atoms with Crippen LogP contribution < -0.4 is 10.5 Å². The maximum absolute atomic E-state index is 11.8. The van der Waals surface area contributed by atoms with Crippen molar-refractivity contribution in [2.75, 3.05) is 31.1 Å². The maximum atomic E-state index is 11.8. The van der Waals surface area contributed by atoms with Crippen molar-refractivity contribution in [2.45, 2.75) is 89.0 Å². The molecule has 2 aromatic carbocycles.